The fourth-order valence-electron chi connectivity index (χ4n) is 2.07. The van der Waals surface area contributed by atoms with Crippen LogP contribution in [0.4, 0.5) is 0 Å². The number of ether oxygens (including phenoxy) is 2. The van der Waals surface area contributed by atoms with Crippen molar-refractivity contribution in [3.8, 4) is 11.5 Å². The molecule has 0 saturated heterocycles. The second-order valence-corrected chi connectivity index (χ2v) is 4.96. The molecule has 0 aliphatic rings. The molecule has 114 valence electrons. The Morgan fingerprint density at radius 2 is 1.62 bits per heavy atom. The molecule has 0 radical (unpaired) electrons. The van der Waals surface area contributed by atoms with Crippen molar-refractivity contribution in [2.45, 2.75) is 40.5 Å². The number of hydrogen-bond acceptors (Lipinski definition) is 5. The summed E-state index contributed by atoms with van der Waals surface area (Å²) in [7, 11) is 0. The molecule has 0 spiro atoms. The van der Waals surface area contributed by atoms with E-state index in [1.165, 1.54) is 19.9 Å². The molecular weight excluding hydrogens is 276 g/mol. The lowest BCUT2D eigenvalue weighted by atomic mass is 9.94. The van der Waals surface area contributed by atoms with Gasteiger partial charge in [0.25, 0.3) is 0 Å². The van der Waals surface area contributed by atoms with Crippen molar-refractivity contribution in [2.24, 2.45) is 0 Å². The van der Waals surface area contributed by atoms with Crippen LogP contribution in [0.15, 0.2) is 6.07 Å². The smallest absolute Gasteiger partial charge is 0.339 e. The maximum Gasteiger partial charge on any atom is 0.339 e. The number of benzene rings is 1. The molecule has 0 unspecified atom stereocenters. The zero-order valence-electron chi connectivity index (χ0n) is 12.6. The number of carboxylic acid groups (broad SMARTS) is 1. The predicted molar refractivity (Wildman–Crippen MR) is 74.8 cm³/mol. The highest BCUT2D eigenvalue weighted by Gasteiger charge is 2.26. The number of rotatable bonds is 4. The quantitative estimate of drug-likeness (QED) is 0.678. The Balaban J connectivity index is 3.71. The molecule has 0 heterocycles. The average molecular weight is 294 g/mol. The average Bonchev–Trinajstić information content (AvgIpc) is 2.24. The normalized spacial score (nSPS) is 10.4. The summed E-state index contributed by atoms with van der Waals surface area (Å²) in [4.78, 5) is 33.9. The zero-order chi connectivity index (χ0) is 16.3. The van der Waals surface area contributed by atoms with Crippen LogP contribution in [0.3, 0.4) is 0 Å². The minimum absolute atomic E-state index is 0.0683. The van der Waals surface area contributed by atoms with E-state index in [2.05, 4.69) is 0 Å². The van der Waals surface area contributed by atoms with Crippen LogP contribution < -0.4 is 9.47 Å². The fraction of sp³-hybridized carbons (Fsp3) is 0.400. The third kappa shape index (κ3) is 3.81. The van der Waals surface area contributed by atoms with E-state index < -0.39 is 17.9 Å². The van der Waals surface area contributed by atoms with Crippen molar-refractivity contribution in [3.05, 3.63) is 22.8 Å². The van der Waals surface area contributed by atoms with Gasteiger partial charge in [0.05, 0.1) is 0 Å². The van der Waals surface area contributed by atoms with E-state index in [0.717, 1.165) is 0 Å². The molecule has 0 aromatic heterocycles. The third-order valence-corrected chi connectivity index (χ3v) is 2.77. The Bertz CT molecular complexity index is 601. The lowest BCUT2D eigenvalue weighted by molar-refractivity contribution is -0.132. The van der Waals surface area contributed by atoms with Gasteiger partial charge in [-0.05, 0) is 24.5 Å². The van der Waals surface area contributed by atoms with Crippen molar-refractivity contribution in [1.29, 1.82) is 0 Å². The van der Waals surface area contributed by atoms with E-state index in [4.69, 9.17) is 9.47 Å². The molecule has 21 heavy (non-hydrogen) atoms. The first kappa shape index (κ1) is 16.7. The molecule has 1 aromatic rings. The fourth-order valence-corrected chi connectivity index (χ4v) is 2.07. The lowest BCUT2D eigenvalue weighted by Gasteiger charge is -2.19. The number of carboxylic acids is 1. The first-order valence-electron chi connectivity index (χ1n) is 6.42. The minimum Gasteiger partial charge on any atom is -0.478 e. The molecular formula is C15H18O6. The lowest BCUT2D eigenvalue weighted by Crippen LogP contribution is -2.14. The van der Waals surface area contributed by atoms with Gasteiger partial charge in [0.1, 0.15) is 11.3 Å². The molecule has 1 N–H and O–H groups in total. The van der Waals surface area contributed by atoms with Crippen LogP contribution in [0.1, 0.15) is 55.1 Å². The maximum atomic E-state index is 11.4. The highest BCUT2D eigenvalue weighted by molar-refractivity contribution is 5.95. The molecule has 0 aliphatic carbocycles. The van der Waals surface area contributed by atoms with Gasteiger partial charge in [0.15, 0.2) is 5.75 Å². The van der Waals surface area contributed by atoms with E-state index in [-0.39, 0.29) is 23.0 Å². The van der Waals surface area contributed by atoms with Gasteiger partial charge in [0, 0.05) is 19.4 Å². The summed E-state index contributed by atoms with van der Waals surface area (Å²) in [5.41, 5.74) is 0.618. The van der Waals surface area contributed by atoms with Crippen molar-refractivity contribution < 1.29 is 29.0 Å². The van der Waals surface area contributed by atoms with Crippen molar-refractivity contribution in [1.82, 2.24) is 0 Å². The van der Waals surface area contributed by atoms with Crippen LogP contribution in [0.25, 0.3) is 0 Å². The number of carbonyl (C=O) groups excluding carboxylic acids is 2. The second-order valence-electron chi connectivity index (χ2n) is 4.96. The monoisotopic (exact) mass is 294 g/mol. The van der Waals surface area contributed by atoms with Crippen LogP contribution in [-0.4, -0.2) is 23.0 Å². The number of aryl methyl sites for hydroxylation is 1. The van der Waals surface area contributed by atoms with Gasteiger partial charge < -0.3 is 14.6 Å². The van der Waals surface area contributed by atoms with Crippen molar-refractivity contribution >= 4 is 17.9 Å². The third-order valence-electron chi connectivity index (χ3n) is 2.77. The Hall–Kier alpha value is -2.37. The van der Waals surface area contributed by atoms with Gasteiger partial charge in [-0.25, -0.2) is 4.79 Å². The van der Waals surface area contributed by atoms with E-state index in [1.54, 1.807) is 20.8 Å². The molecule has 0 bridgehead atoms. The van der Waals surface area contributed by atoms with Crippen LogP contribution >= 0.6 is 0 Å². The van der Waals surface area contributed by atoms with E-state index in [0.29, 0.717) is 11.1 Å². The summed E-state index contributed by atoms with van der Waals surface area (Å²) < 4.78 is 10.2. The van der Waals surface area contributed by atoms with Crippen LogP contribution in [-0.2, 0) is 9.59 Å². The molecule has 6 nitrogen and oxygen atoms in total. The molecule has 0 atom stereocenters. The number of hydrogen-bond donors (Lipinski definition) is 1. The van der Waals surface area contributed by atoms with Gasteiger partial charge in [0.2, 0.25) is 0 Å². The van der Waals surface area contributed by atoms with Crippen LogP contribution in [0.2, 0.25) is 0 Å². The van der Waals surface area contributed by atoms with Crippen LogP contribution in [0.5, 0.6) is 11.5 Å². The van der Waals surface area contributed by atoms with E-state index in [9.17, 15) is 19.5 Å². The molecule has 0 fully saturated rings. The molecule has 0 saturated carbocycles. The van der Waals surface area contributed by atoms with E-state index >= 15 is 0 Å². The van der Waals surface area contributed by atoms with Crippen LogP contribution in [0, 0.1) is 6.92 Å². The van der Waals surface area contributed by atoms with Gasteiger partial charge in [-0.1, -0.05) is 13.8 Å². The standard InChI is InChI=1S/C15H18O6/c1-7(2)12-11(20-9(4)16)6-8(3)13(15(18)19)14(12)21-10(5)17/h6-7H,1-5H3,(H,18,19). The first-order valence-corrected chi connectivity index (χ1v) is 6.42. The maximum absolute atomic E-state index is 11.4. The number of esters is 2. The Morgan fingerprint density at radius 3 is 2.00 bits per heavy atom. The summed E-state index contributed by atoms with van der Waals surface area (Å²) in [6.07, 6.45) is 0. The topological polar surface area (TPSA) is 89.9 Å². The molecule has 0 amide bonds. The summed E-state index contributed by atoms with van der Waals surface area (Å²) >= 11 is 0. The van der Waals surface area contributed by atoms with Gasteiger partial charge in [-0.2, -0.15) is 0 Å². The van der Waals surface area contributed by atoms with Crippen molar-refractivity contribution in [3.63, 3.8) is 0 Å². The number of aromatic carboxylic acids is 1. The van der Waals surface area contributed by atoms with Gasteiger partial charge in [-0.3, -0.25) is 9.59 Å². The number of carbonyl (C=O) groups is 3. The highest BCUT2D eigenvalue weighted by Crippen LogP contribution is 2.40. The largest absolute Gasteiger partial charge is 0.478 e. The molecule has 1 aromatic carbocycles. The highest BCUT2D eigenvalue weighted by atomic mass is 16.5. The van der Waals surface area contributed by atoms with Crippen molar-refractivity contribution in [2.75, 3.05) is 0 Å². The Kier molecular flexibility index (Phi) is 5.07. The van der Waals surface area contributed by atoms with E-state index in [1.807, 2.05) is 0 Å². The molecule has 6 heteroatoms. The summed E-state index contributed by atoms with van der Waals surface area (Å²) in [5.74, 6) is -2.45. The minimum atomic E-state index is -1.21. The van der Waals surface area contributed by atoms with Gasteiger partial charge in [-0.15, -0.1) is 0 Å². The molecule has 1 rings (SSSR count). The SMILES string of the molecule is CC(=O)Oc1cc(C)c(C(=O)O)c(OC(C)=O)c1C(C)C. The zero-order valence-corrected chi connectivity index (χ0v) is 12.6. The summed E-state index contributed by atoms with van der Waals surface area (Å²) in [6, 6.07) is 1.47. The first-order chi connectivity index (χ1) is 9.65. The Labute approximate surface area is 122 Å². The predicted octanol–water partition coefficient (Wildman–Crippen LogP) is 2.67. The molecule has 0 aliphatic heterocycles. The Morgan fingerprint density at radius 1 is 1.10 bits per heavy atom. The summed E-state index contributed by atoms with van der Waals surface area (Å²) in [6.45, 7) is 7.56. The van der Waals surface area contributed by atoms with Gasteiger partial charge >= 0.3 is 17.9 Å². The second kappa shape index (κ2) is 6.39. The summed E-state index contributed by atoms with van der Waals surface area (Å²) in [5, 5.41) is 9.34.